The van der Waals surface area contributed by atoms with Gasteiger partial charge in [0.15, 0.2) is 11.2 Å². The molecule has 3 rings (SSSR count). The zero-order chi connectivity index (χ0) is 19.2. The van der Waals surface area contributed by atoms with Crippen LogP contribution in [0.4, 0.5) is 5.95 Å². The second kappa shape index (κ2) is 6.28. The van der Waals surface area contributed by atoms with Gasteiger partial charge < -0.3 is 5.73 Å². The number of imidazole rings is 1. The zero-order valence-corrected chi connectivity index (χ0v) is 15.1. The van der Waals surface area contributed by atoms with Crippen LogP contribution in [0.15, 0.2) is 26.8 Å². The van der Waals surface area contributed by atoms with E-state index in [2.05, 4.69) is 10.1 Å². The van der Waals surface area contributed by atoms with Crippen molar-refractivity contribution in [3.8, 4) is 0 Å². The number of fused-ring (bicyclic) bond motifs is 3. The summed E-state index contributed by atoms with van der Waals surface area (Å²) in [6.45, 7) is 5.50. The van der Waals surface area contributed by atoms with E-state index >= 15 is 0 Å². The van der Waals surface area contributed by atoms with E-state index in [0.717, 1.165) is 4.57 Å². The Balaban J connectivity index is 2.38. The number of primary amides is 1. The summed E-state index contributed by atoms with van der Waals surface area (Å²) in [7, 11) is 1.56. The van der Waals surface area contributed by atoms with Crippen LogP contribution in [0.1, 0.15) is 26.8 Å². The summed E-state index contributed by atoms with van der Waals surface area (Å²) in [4.78, 5) is 41.4. The molecule has 1 aliphatic heterocycles. The minimum Gasteiger partial charge on any atom is -0.368 e. The summed E-state index contributed by atoms with van der Waals surface area (Å²) >= 11 is 0. The Labute approximate surface area is 148 Å². The molecule has 2 aromatic heterocycles. The van der Waals surface area contributed by atoms with Crippen LogP contribution in [0.5, 0.6) is 0 Å². The van der Waals surface area contributed by atoms with Gasteiger partial charge in [0.1, 0.15) is 6.54 Å². The highest BCUT2D eigenvalue weighted by Crippen LogP contribution is 2.29. The van der Waals surface area contributed by atoms with Crippen molar-refractivity contribution in [2.24, 2.45) is 17.9 Å². The van der Waals surface area contributed by atoms with Gasteiger partial charge in [-0.3, -0.25) is 23.3 Å². The predicted molar refractivity (Wildman–Crippen MR) is 98.4 cm³/mol. The Morgan fingerprint density at radius 1 is 1.35 bits per heavy atom. The summed E-state index contributed by atoms with van der Waals surface area (Å²) < 4.78 is 4.19. The van der Waals surface area contributed by atoms with E-state index in [1.165, 1.54) is 9.58 Å². The number of hydrogen-bond acceptors (Lipinski definition) is 6. The molecular formula is C16H21N7O3. The van der Waals surface area contributed by atoms with Crippen molar-refractivity contribution >= 4 is 28.7 Å². The standard InChI is InChI=1S/C16H21N7O3/c1-5-6-7-21-14(25)12-13(20(4)16(21)26)18-15-22(8-11(17)24)19-9(2)10(3)23(12)15/h5-6,10H,7-8H2,1-4H3,(H2,17,24)/b6-5+. The topological polar surface area (TPSA) is 121 Å². The molecular weight excluding hydrogens is 338 g/mol. The van der Waals surface area contributed by atoms with Gasteiger partial charge in [-0.25, -0.2) is 9.80 Å². The van der Waals surface area contributed by atoms with E-state index in [1.54, 1.807) is 30.7 Å². The number of amides is 1. The average Bonchev–Trinajstić information content (AvgIpc) is 2.98. The Kier molecular flexibility index (Phi) is 4.26. The molecule has 1 atom stereocenters. The monoisotopic (exact) mass is 359 g/mol. The lowest BCUT2D eigenvalue weighted by molar-refractivity contribution is -0.116. The minimum atomic E-state index is -0.575. The highest BCUT2D eigenvalue weighted by Gasteiger charge is 2.31. The van der Waals surface area contributed by atoms with Crippen LogP contribution in [0, 0.1) is 0 Å². The summed E-state index contributed by atoms with van der Waals surface area (Å²) in [5.41, 5.74) is 5.66. The molecule has 0 saturated heterocycles. The fourth-order valence-electron chi connectivity index (χ4n) is 3.01. The smallest absolute Gasteiger partial charge is 0.332 e. The van der Waals surface area contributed by atoms with Gasteiger partial charge in [0, 0.05) is 13.6 Å². The Bertz CT molecular complexity index is 1070. The third kappa shape index (κ3) is 2.54. The maximum Gasteiger partial charge on any atom is 0.332 e. The molecule has 3 heterocycles. The lowest BCUT2D eigenvalue weighted by Crippen LogP contribution is -2.40. The SMILES string of the molecule is C/C=C/Cn1c(=O)c2c(nc3n2C(C)C(C)=NN3CC(N)=O)n(C)c1=O. The van der Waals surface area contributed by atoms with Crippen LogP contribution < -0.4 is 22.0 Å². The lowest BCUT2D eigenvalue weighted by Gasteiger charge is -2.28. The maximum atomic E-state index is 13.0. The van der Waals surface area contributed by atoms with Crippen LogP contribution in [0.2, 0.25) is 0 Å². The summed E-state index contributed by atoms with van der Waals surface area (Å²) in [5, 5.41) is 5.71. The molecule has 1 aliphatic rings. The van der Waals surface area contributed by atoms with Crippen molar-refractivity contribution in [2.75, 3.05) is 11.6 Å². The van der Waals surface area contributed by atoms with Gasteiger partial charge >= 0.3 is 5.69 Å². The first-order valence-corrected chi connectivity index (χ1v) is 8.21. The number of anilines is 1. The number of allylic oxidation sites excluding steroid dienone is 2. The fraction of sp³-hybridized carbons (Fsp3) is 0.438. The number of aromatic nitrogens is 4. The lowest BCUT2D eigenvalue weighted by atomic mass is 10.2. The molecule has 2 N–H and O–H groups in total. The van der Waals surface area contributed by atoms with Crippen molar-refractivity contribution in [2.45, 2.75) is 33.4 Å². The number of carbonyl (C=O) groups excluding carboxylic acids is 1. The number of nitrogens with two attached hydrogens (primary N) is 1. The van der Waals surface area contributed by atoms with E-state index in [-0.39, 0.29) is 24.8 Å². The molecule has 26 heavy (non-hydrogen) atoms. The molecule has 138 valence electrons. The summed E-state index contributed by atoms with van der Waals surface area (Å²) in [6.07, 6.45) is 3.51. The van der Waals surface area contributed by atoms with Crippen LogP contribution in [-0.2, 0) is 18.4 Å². The first kappa shape index (κ1) is 17.6. The highest BCUT2D eigenvalue weighted by molar-refractivity contribution is 5.92. The molecule has 0 aromatic carbocycles. The van der Waals surface area contributed by atoms with Crippen LogP contribution in [0.3, 0.4) is 0 Å². The van der Waals surface area contributed by atoms with Gasteiger partial charge in [-0.2, -0.15) is 10.1 Å². The minimum absolute atomic E-state index is 0.172. The van der Waals surface area contributed by atoms with Gasteiger partial charge in [-0.15, -0.1) is 0 Å². The van der Waals surface area contributed by atoms with Crippen LogP contribution >= 0.6 is 0 Å². The molecule has 1 amide bonds. The predicted octanol–water partition coefficient (Wildman–Crippen LogP) is -0.285. The molecule has 0 spiro atoms. The quantitative estimate of drug-likeness (QED) is 0.752. The highest BCUT2D eigenvalue weighted by atomic mass is 16.2. The van der Waals surface area contributed by atoms with E-state index in [4.69, 9.17) is 5.73 Å². The van der Waals surface area contributed by atoms with Gasteiger partial charge in [0.25, 0.3) is 5.56 Å². The molecule has 1 unspecified atom stereocenters. The van der Waals surface area contributed by atoms with Crippen LogP contribution in [-0.4, -0.2) is 36.8 Å². The molecule has 0 fully saturated rings. The van der Waals surface area contributed by atoms with Crippen molar-refractivity contribution in [1.82, 2.24) is 18.7 Å². The van der Waals surface area contributed by atoms with Gasteiger partial charge in [0.2, 0.25) is 11.9 Å². The van der Waals surface area contributed by atoms with Gasteiger partial charge in [-0.05, 0) is 20.8 Å². The molecule has 0 aliphatic carbocycles. The van der Waals surface area contributed by atoms with E-state index in [9.17, 15) is 14.4 Å². The average molecular weight is 359 g/mol. The van der Waals surface area contributed by atoms with Crippen LogP contribution in [0.25, 0.3) is 11.2 Å². The second-order valence-electron chi connectivity index (χ2n) is 6.22. The molecule has 2 aromatic rings. The first-order valence-electron chi connectivity index (χ1n) is 8.21. The van der Waals surface area contributed by atoms with Crippen molar-refractivity contribution in [3.05, 3.63) is 33.0 Å². The first-order chi connectivity index (χ1) is 12.3. The molecule has 0 saturated carbocycles. The summed E-state index contributed by atoms with van der Waals surface area (Å²) in [5.74, 6) is -0.262. The normalized spacial score (nSPS) is 17.0. The molecule has 0 radical (unpaired) electrons. The third-order valence-corrected chi connectivity index (χ3v) is 4.49. The fourth-order valence-corrected chi connectivity index (χ4v) is 3.01. The second-order valence-corrected chi connectivity index (χ2v) is 6.22. The number of aryl methyl sites for hydroxylation is 1. The zero-order valence-electron chi connectivity index (χ0n) is 15.1. The Hall–Kier alpha value is -3.17. The number of rotatable bonds is 4. The van der Waals surface area contributed by atoms with Crippen molar-refractivity contribution < 1.29 is 4.79 Å². The largest absolute Gasteiger partial charge is 0.368 e. The molecule has 10 nitrogen and oxygen atoms in total. The van der Waals surface area contributed by atoms with E-state index < -0.39 is 17.2 Å². The number of hydrazone groups is 1. The third-order valence-electron chi connectivity index (χ3n) is 4.49. The molecule has 10 heteroatoms. The van der Waals surface area contributed by atoms with Gasteiger partial charge in [-0.1, -0.05) is 12.2 Å². The van der Waals surface area contributed by atoms with E-state index in [0.29, 0.717) is 17.2 Å². The van der Waals surface area contributed by atoms with Gasteiger partial charge in [0.05, 0.1) is 11.8 Å². The Morgan fingerprint density at radius 2 is 2.04 bits per heavy atom. The maximum absolute atomic E-state index is 13.0. The van der Waals surface area contributed by atoms with Crippen molar-refractivity contribution in [3.63, 3.8) is 0 Å². The summed E-state index contributed by atoms with van der Waals surface area (Å²) in [6, 6.07) is -0.250. The van der Waals surface area contributed by atoms with Crippen molar-refractivity contribution in [1.29, 1.82) is 0 Å². The number of carbonyl (C=O) groups is 1. The Morgan fingerprint density at radius 3 is 2.65 bits per heavy atom. The molecule has 0 bridgehead atoms. The van der Waals surface area contributed by atoms with E-state index in [1.807, 2.05) is 13.8 Å². The number of nitrogens with zero attached hydrogens (tertiary/aromatic N) is 6. The number of hydrogen-bond donors (Lipinski definition) is 1.